The molecule has 0 amide bonds. The monoisotopic (exact) mass is 372 g/mol. The van der Waals surface area contributed by atoms with Crippen LogP contribution in [0.15, 0.2) is 71.8 Å². The van der Waals surface area contributed by atoms with Crippen molar-refractivity contribution in [2.24, 2.45) is 0 Å². The first kappa shape index (κ1) is 18.2. The van der Waals surface area contributed by atoms with Crippen LogP contribution in [0.4, 0.5) is 0 Å². The van der Waals surface area contributed by atoms with Crippen LogP contribution < -0.4 is 0 Å². The summed E-state index contributed by atoms with van der Waals surface area (Å²) in [5.74, 6) is 2.22. The summed E-state index contributed by atoms with van der Waals surface area (Å²) in [4.78, 5) is 13.3. The minimum atomic E-state index is 0.267. The van der Waals surface area contributed by atoms with E-state index in [4.69, 9.17) is 9.40 Å². The van der Waals surface area contributed by atoms with Gasteiger partial charge in [-0.2, -0.15) is 0 Å². The van der Waals surface area contributed by atoms with Gasteiger partial charge in [0.1, 0.15) is 11.5 Å². The summed E-state index contributed by atoms with van der Waals surface area (Å²) in [5.41, 5.74) is 4.38. The molecule has 5 nitrogen and oxygen atoms in total. The largest absolute Gasteiger partial charge is 0.466 e. The fraction of sp³-hybridized carbons (Fsp3) is 0.261. The van der Waals surface area contributed by atoms with E-state index in [-0.39, 0.29) is 5.92 Å². The van der Waals surface area contributed by atoms with E-state index < -0.39 is 0 Å². The highest BCUT2D eigenvalue weighted by Gasteiger charge is 2.18. The fourth-order valence-corrected chi connectivity index (χ4v) is 3.45. The smallest absolute Gasteiger partial charge is 0.107 e. The molecule has 4 rings (SSSR count). The lowest BCUT2D eigenvalue weighted by Gasteiger charge is -2.14. The molecule has 1 aromatic carbocycles. The molecule has 0 saturated heterocycles. The summed E-state index contributed by atoms with van der Waals surface area (Å²) >= 11 is 0. The summed E-state index contributed by atoms with van der Waals surface area (Å²) in [6.07, 6.45) is 8.88. The van der Waals surface area contributed by atoms with E-state index in [1.165, 1.54) is 5.69 Å². The zero-order chi connectivity index (χ0) is 19.3. The lowest BCUT2D eigenvalue weighted by molar-refractivity contribution is 0.448. The van der Waals surface area contributed by atoms with E-state index in [2.05, 4.69) is 51.8 Å². The van der Waals surface area contributed by atoms with E-state index in [1.54, 1.807) is 12.4 Å². The quantitative estimate of drug-likeness (QED) is 0.466. The molecule has 3 aromatic heterocycles. The average Bonchev–Trinajstić information content (AvgIpc) is 3.34. The van der Waals surface area contributed by atoms with Crippen molar-refractivity contribution in [2.75, 3.05) is 0 Å². The van der Waals surface area contributed by atoms with Gasteiger partial charge in [-0.15, -0.1) is 0 Å². The highest BCUT2D eigenvalue weighted by Crippen LogP contribution is 2.29. The summed E-state index contributed by atoms with van der Waals surface area (Å²) in [6, 6.07) is 14.5. The molecule has 0 N–H and O–H groups in total. The summed E-state index contributed by atoms with van der Waals surface area (Å²) < 4.78 is 8.10. The molecule has 0 aliphatic rings. The third kappa shape index (κ3) is 4.03. The van der Waals surface area contributed by atoms with Crippen LogP contribution in [0.3, 0.4) is 0 Å². The molecule has 1 atom stereocenters. The van der Waals surface area contributed by atoms with E-state index in [9.17, 15) is 0 Å². The Morgan fingerprint density at radius 3 is 2.61 bits per heavy atom. The predicted octanol–water partition coefficient (Wildman–Crippen LogP) is 4.83. The van der Waals surface area contributed by atoms with Gasteiger partial charge in [0.05, 0.1) is 17.7 Å². The molecule has 0 radical (unpaired) electrons. The molecule has 142 valence electrons. The van der Waals surface area contributed by atoms with Crippen molar-refractivity contribution in [3.8, 4) is 11.3 Å². The van der Waals surface area contributed by atoms with Gasteiger partial charge < -0.3 is 8.98 Å². The van der Waals surface area contributed by atoms with Crippen molar-refractivity contribution in [3.05, 3.63) is 90.3 Å². The molecular formula is C23H24N4O. The van der Waals surface area contributed by atoms with Gasteiger partial charge in [-0.3, -0.25) is 9.97 Å². The average molecular weight is 372 g/mol. The third-order valence-corrected chi connectivity index (χ3v) is 4.97. The summed E-state index contributed by atoms with van der Waals surface area (Å²) in [6.45, 7) is 5.00. The molecule has 0 aliphatic heterocycles. The number of rotatable bonds is 7. The van der Waals surface area contributed by atoms with Gasteiger partial charge in [-0.05, 0) is 25.5 Å². The van der Waals surface area contributed by atoms with Crippen LogP contribution in [0.25, 0.3) is 11.3 Å². The van der Waals surface area contributed by atoms with Crippen LogP contribution in [0.1, 0.15) is 35.7 Å². The third-order valence-electron chi connectivity index (χ3n) is 4.97. The van der Waals surface area contributed by atoms with Gasteiger partial charge in [-0.25, -0.2) is 4.98 Å². The van der Waals surface area contributed by atoms with Crippen LogP contribution >= 0.6 is 0 Å². The summed E-state index contributed by atoms with van der Waals surface area (Å²) in [5, 5.41) is 0. The SMILES string of the molecule is Cc1ccc(C(C)Cc2c(-c3ccccc3)ncn2CCc2cnccn2)o1. The van der Waals surface area contributed by atoms with Gasteiger partial charge in [-0.1, -0.05) is 37.3 Å². The standard InChI is InChI=1S/C23H24N4O/c1-17(22-9-8-18(2)28-22)14-21-23(19-6-4-3-5-7-19)26-16-27(21)13-10-20-15-24-11-12-25-20/h3-9,11-12,15-17H,10,13-14H2,1-2H3. The van der Waals surface area contributed by atoms with Gasteiger partial charge in [0.15, 0.2) is 0 Å². The van der Waals surface area contributed by atoms with E-state index in [1.807, 2.05) is 31.6 Å². The number of hydrogen-bond donors (Lipinski definition) is 0. The second-order valence-electron chi connectivity index (χ2n) is 7.10. The Bertz CT molecular complexity index is 1020. The van der Waals surface area contributed by atoms with Crippen LogP contribution in [-0.2, 0) is 19.4 Å². The molecule has 0 fully saturated rings. The highest BCUT2D eigenvalue weighted by atomic mass is 16.3. The first-order valence-electron chi connectivity index (χ1n) is 9.61. The zero-order valence-corrected chi connectivity index (χ0v) is 16.2. The number of aryl methyl sites for hydroxylation is 3. The molecule has 0 bridgehead atoms. The Hall–Kier alpha value is -3.21. The maximum Gasteiger partial charge on any atom is 0.107 e. The predicted molar refractivity (Wildman–Crippen MR) is 109 cm³/mol. The van der Waals surface area contributed by atoms with Crippen molar-refractivity contribution < 1.29 is 4.42 Å². The molecule has 0 aliphatic carbocycles. The number of benzene rings is 1. The van der Waals surface area contributed by atoms with Gasteiger partial charge in [0, 0.05) is 48.7 Å². The first-order valence-corrected chi connectivity index (χ1v) is 9.61. The number of aromatic nitrogens is 4. The number of imidazole rings is 1. The zero-order valence-electron chi connectivity index (χ0n) is 16.2. The molecule has 1 unspecified atom stereocenters. The Kier molecular flexibility index (Phi) is 5.33. The molecule has 3 heterocycles. The van der Waals surface area contributed by atoms with Crippen LogP contribution in [0, 0.1) is 6.92 Å². The summed E-state index contributed by atoms with van der Waals surface area (Å²) in [7, 11) is 0. The Morgan fingerprint density at radius 1 is 1.04 bits per heavy atom. The fourth-order valence-electron chi connectivity index (χ4n) is 3.45. The number of furan rings is 1. The first-order chi connectivity index (χ1) is 13.7. The van der Waals surface area contributed by atoms with E-state index in [0.717, 1.165) is 47.9 Å². The lowest BCUT2D eigenvalue weighted by Crippen LogP contribution is -2.09. The Balaban J connectivity index is 1.63. The second kappa shape index (κ2) is 8.21. The minimum absolute atomic E-state index is 0.267. The maximum atomic E-state index is 5.86. The topological polar surface area (TPSA) is 56.7 Å². The molecule has 4 aromatic rings. The van der Waals surface area contributed by atoms with Crippen molar-refractivity contribution in [3.63, 3.8) is 0 Å². The molecular weight excluding hydrogens is 348 g/mol. The molecule has 5 heteroatoms. The maximum absolute atomic E-state index is 5.86. The van der Waals surface area contributed by atoms with Gasteiger partial charge >= 0.3 is 0 Å². The van der Waals surface area contributed by atoms with Crippen LogP contribution in [0.5, 0.6) is 0 Å². The molecule has 0 saturated carbocycles. The van der Waals surface area contributed by atoms with E-state index >= 15 is 0 Å². The van der Waals surface area contributed by atoms with Crippen molar-refractivity contribution in [2.45, 2.75) is 39.2 Å². The van der Waals surface area contributed by atoms with Crippen molar-refractivity contribution >= 4 is 0 Å². The van der Waals surface area contributed by atoms with Gasteiger partial charge in [0.2, 0.25) is 0 Å². The van der Waals surface area contributed by atoms with Crippen molar-refractivity contribution in [1.82, 2.24) is 19.5 Å². The van der Waals surface area contributed by atoms with Crippen LogP contribution in [-0.4, -0.2) is 19.5 Å². The Morgan fingerprint density at radius 2 is 1.89 bits per heavy atom. The van der Waals surface area contributed by atoms with Crippen LogP contribution in [0.2, 0.25) is 0 Å². The minimum Gasteiger partial charge on any atom is -0.466 e. The Labute approximate surface area is 165 Å². The van der Waals surface area contributed by atoms with Crippen molar-refractivity contribution in [1.29, 1.82) is 0 Å². The lowest BCUT2D eigenvalue weighted by atomic mass is 9.99. The normalized spacial score (nSPS) is 12.2. The highest BCUT2D eigenvalue weighted by molar-refractivity contribution is 5.62. The molecule has 28 heavy (non-hydrogen) atoms. The number of nitrogens with zero attached hydrogens (tertiary/aromatic N) is 4. The second-order valence-corrected chi connectivity index (χ2v) is 7.10. The van der Waals surface area contributed by atoms with E-state index in [0.29, 0.717) is 0 Å². The molecule has 0 spiro atoms. The van der Waals surface area contributed by atoms with Gasteiger partial charge in [0.25, 0.3) is 0 Å². The number of hydrogen-bond acceptors (Lipinski definition) is 4.